The van der Waals surface area contributed by atoms with Gasteiger partial charge in [-0.05, 0) is 32.4 Å². The number of anilines is 1. The molecule has 0 aliphatic rings. The number of nitrogens with zero attached hydrogens (tertiary/aromatic N) is 1. The number of aliphatic hydroxyl groups is 1. The summed E-state index contributed by atoms with van der Waals surface area (Å²) in [5, 5.41) is 12.2. The van der Waals surface area contributed by atoms with Crippen molar-refractivity contribution in [3.63, 3.8) is 0 Å². The van der Waals surface area contributed by atoms with Gasteiger partial charge in [0.15, 0.2) is 0 Å². The molecule has 2 N–H and O–H groups in total. The van der Waals surface area contributed by atoms with Crippen molar-refractivity contribution in [3.8, 4) is 0 Å². The molecule has 72 valence electrons. The van der Waals surface area contributed by atoms with Crippen molar-refractivity contribution in [2.45, 2.75) is 26.3 Å². The Morgan fingerprint density at radius 2 is 2.23 bits per heavy atom. The number of pyridine rings is 1. The lowest BCUT2D eigenvalue weighted by molar-refractivity contribution is 0.234. The minimum Gasteiger partial charge on any atom is -0.394 e. The molecule has 0 aliphatic carbocycles. The van der Waals surface area contributed by atoms with E-state index in [0.29, 0.717) is 0 Å². The molecule has 13 heavy (non-hydrogen) atoms. The summed E-state index contributed by atoms with van der Waals surface area (Å²) in [5.74, 6) is 0.835. The monoisotopic (exact) mass is 180 g/mol. The molecular weight excluding hydrogens is 164 g/mol. The van der Waals surface area contributed by atoms with E-state index in [9.17, 15) is 0 Å². The van der Waals surface area contributed by atoms with Gasteiger partial charge < -0.3 is 10.4 Å². The van der Waals surface area contributed by atoms with Crippen LogP contribution in [-0.2, 0) is 0 Å². The minimum absolute atomic E-state index is 0.0863. The Balaban J connectivity index is 2.80. The van der Waals surface area contributed by atoms with E-state index in [1.54, 1.807) is 6.20 Å². The van der Waals surface area contributed by atoms with Gasteiger partial charge in [-0.2, -0.15) is 0 Å². The zero-order valence-electron chi connectivity index (χ0n) is 8.33. The summed E-state index contributed by atoms with van der Waals surface area (Å²) in [5.41, 5.74) is 0.767. The van der Waals surface area contributed by atoms with E-state index in [2.05, 4.69) is 10.3 Å². The number of hydrogen-bond donors (Lipinski definition) is 2. The average molecular weight is 180 g/mol. The van der Waals surface area contributed by atoms with E-state index in [1.165, 1.54) is 0 Å². The maximum absolute atomic E-state index is 9.06. The molecule has 1 aromatic heterocycles. The first kappa shape index (κ1) is 9.99. The number of hydrogen-bond acceptors (Lipinski definition) is 3. The van der Waals surface area contributed by atoms with Gasteiger partial charge in [0.25, 0.3) is 0 Å². The van der Waals surface area contributed by atoms with Gasteiger partial charge in [-0.15, -0.1) is 0 Å². The van der Waals surface area contributed by atoms with Crippen LogP contribution in [0.1, 0.15) is 19.4 Å². The summed E-state index contributed by atoms with van der Waals surface area (Å²) >= 11 is 0. The molecule has 0 amide bonds. The molecule has 3 nitrogen and oxygen atoms in total. The van der Waals surface area contributed by atoms with Gasteiger partial charge in [-0.3, -0.25) is 0 Å². The predicted octanol–water partition coefficient (Wildman–Crippen LogP) is 1.57. The van der Waals surface area contributed by atoms with Crippen molar-refractivity contribution < 1.29 is 5.11 Å². The summed E-state index contributed by atoms with van der Waals surface area (Å²) < 4.78 is 0. The highest BCUT2D eigenvalue weighted by atomic mass is 16.3. The molecule has 0 saturated carbocycles. The van der Waals surface area contributed by atoms with E-state index in [0.717, 1.165) is 11.4 Å². The highest BCUT2D eigenvalue weighted by Gasteiger charge is 2.16. The standard InChI is InChI=1S/C10H16N2O/c1-8-5-4-6-11-9(8)12-10(2,3)7-13/h4-6,13H,7H2,1-3H3,(H,11,12). The topological polar surface area (TPSA) is 45.2 Å². The van der Waals surface area contributed by atoms with Crippen LogP contribution >= 0.6 is 0 Å². The van der Waals surface area contributed by atoms with Gasteiger partial charge in [-0.1, -0.05) is 6.07 Å². The molecule has 1 rings (SSSR count). The maximum Gasteiger partial charge on any atom is 0.129 e. The van der Waals surface area contributed by atoms with Crippen molar-refractivity contribution in [1.82, 2.24) is 4.98 Å². The number of aromatic nitrogens is 1. The molecule has 0 spiro atoms. The van der Waals surface area contributed by atoms with Crippen molar-refractivity contribution >= 4 is 5.82 Å². The van der Waals surface area contributed by atoms with Gasteiger partial charge in [0, 0.05) is 6.20 Å². The third kappa shape index (κ3) is 2.70. The SMILES string of the molecule is Cc1cccnc1NC(C)(C)CO. The Bertz CT molecular complexity index is 284. The van der Waals surface area contributed by atoms with E-state index in [-0.39, 0.29) is 12.1 Å². The normalized spacial score (nSPS) is 11.4. The molecule has 1 aromatic rings. The molecule has 1 heterocycles. The number of rotatable bonds is 3. The molecular formula is C10H16N2O. The molecule has 3 heteroatoms. The van der Waals surface area contributed by atoms with Crippen LogP contribution in [0.25, 0.3) is 0 Å². The van der Waals surface area contributed by atoms with Crippen LogP contribution in [-0.4, -0.2) is 22.2 Å². The van der Waals surface area contributed by atoms with Crippen molar-refractivity contribution in [2.75, 3.05) is 11.9 Å². The molecule has 0 aliphatic heterocycles. The van der Waals surface area contributed by atoms with E-state index >= 15 is 0 Å². The van der Waals surface area contributed by atoms with Crippen LogP contribution in [0.3, 0.4) is 0 Å². The van der Waals surface area contributed by atoms with Crippen molar-refractivity contribution in [1.29, 1.82) is 0 Å². The Hall–Kier alpha value is -1.09. The summed E-state index contributed by atoms with van der Waals surface area (Å²) in [6.45, 7) is 5.94. The number of aryl methyl sites for hydroxylation is 1. The van der Waals surface area contributed by atoms with E-state index in [4.69, 9.17) is 5.11 Å². The second kappa shape index (κ2) is 3.75. The number of nitrogens with one attached hydrogen (secondary N) is 1. The first-order valence-corrected chi connectivity index (χ1v) is 4.36. The fraction of sp³-hybridized carbons (Fsp3) is 0.500. The zero-order valence-corrected chi connectivity index (χ0v) is 8.33. The van der Waals surface area contributed by atoms with Crippen LogP contribution < -0.4 is 5.32 Å². The maximum atomic E-state index is 9.06. The first-order chi connectivity index (χ1) is 6.05. The van der Waals surface area contributed by atoms with Gasteiger partial charge >= 0.3 is 0 Å². The second-order valence-corrected chi connectivity index (χ2v) is 3.84. The van der Waals surface area contributed by atoms with E-state index in [1.807, 2.05) is 32.9 Å². The fourth-order valence-corrected chi connectivity index (χ4v) is 0.977. The van der Waals surface area contributed by atoms with Crippen LogP contribution in [0.5, 0.6) is 0 Å². The van der Waals surface area contributed by atoms with Crippen LogP contribution in [0.4, 0.5) is 5.82 Å². The van der Waals surface area contributed by atoms with Crippen LogP contribution in [0, 0.1) is 6.92 Å². The molecule has 0 radical (unpaired) electrons. The quantitative estimate of drug-likeness (QED) is 0.742. The highest BCUT2D eigenvalue weighted by Crippen LogP contribution is 2.15. The van der Waals surface area contributed by atoms with E-state index < -0.39 is 0 Å². The summed E-state index contributed by atoms with van der Waals surface area (Å²) in [4.78, 5) is 4.19. The Morgan fingerprint density at radius 3 is 2.77 bits per heavy atom. The second-order valence-electron chi connectivity index (χ2n) is 3.84. The highest BCUT2D eigenvalue weighted by molar-refractivity contribution is 5.44. The molecule has 0 aromatic carbocycles. The fourth-order valence-electron chi connectivity index (χ4n) is 0.977. The molecule has 0 atom stereocenters. The average Bonchev–Trinajstić information content (AvgIpc) is 2.09. The molecule has 0 unspecified atom stereocenters. The van der Waals surface area contributed by atoms with Crippen LogP contribution in [0.2, 0.25) is 0 Å². The summed E-state index contributed by atoms with van der Waals surface area (Å²) in [6, 6.07) is 3.88. The van der Waals surface area contributed by atoms with Gasteiger partial charge in [0.05, 0.1) is 12.1 Å². The molecule has 0 saturated heterocycles. The van der Waals surface area contributed by atoms with Gasteiger partial charge in [-0.25, -0.2) is 4.98 Å². The summed E-state index contributed by atoms with van der Waals surface area (Å²) in [6.07, 6.45) is 1.74. The summed E-state index contributed by atoms with van der Waals surface area (Å²) in [7, 11) is 0. The number of aliphatic hydroxyl groups excluding tert-OH is 1. The molecule has 0 fully saturated rings. The lowest BCUT2D eigenvalue weighted by Crippen LogP contribution is -2.35. The Labute approximate surface area is 78.8 Å². The third-order valence-corrected chi connectivity index (χ3v) is 1.86. The van der Waals surface area contributed by atoms with Crippen molar-refractivity contribution in [2.24, 2.45) is 0 Å². The largest absolute Gasteiger partial charge is 0.394 e. The van der Waals surface area contributed by atoms with Crippen molar-refractivity contribution in [3.05, 3.63) is 23.9 Å². The Morgan fingerprint density at radius 1 is 1.54 bits per heavy atom. The van der Waals surface area contributed by atoms with Gasteiger partial charge in [0.1, 0.15) is 5.82 Å². The molecule has 0 bridgehead atoms. The van der Waals surface area contributed by atoms with Gasteiger partial charge in [0.2, 0.25) is 0 Å². The van der Waals surface area contributed by atoms with Crippen LogP contribution in [0.15, 0.2) is 18.3 Å². The first-order valence-electron chi connectivity index (χ1n) is 4.36. The lowest BCUT2D eigenvalue weighted by Gasteiger charge is -2.24. The minimum atomic E-state index is -0.320. The smallest absolute Gasteiger partial charge is 0.129 e. The lowest BCUT2D eigenvalue weighted by atomic mass is 10.1. The zero-order chi connectivity index (χ0) is 9.90. The third-order valence-electron chi connectivity index (χ3n) is 1.86. The Kier molecular flexibility index (Phi) is 2.88. The predicted molar refractivity (Wildman–Crippen MR) is 53.8 cm³/mol.